The molecule has 1 N–H and O–H groups in total. The SMILES string of the molecule is CC(=O)N1CCc2cc(NS(=O)(=O)Cc3ccccc3)ccc21. The summed E-state index contributed by atoms with van der Waals surface area (Å²) in [6, 6.07) is 14.4. The van der Waals surface area contributed by atoms with Crippen LogP contribution in [0.3, 0.4) is 0 Å². The van der Waals surface area contributed by atoms with Gasteiger partial charge in [-0.15, -0.1) is 0 Å². The molecule has 2 aromatic carbocycles. The number of benzene rings is 2. The summed E-state index contributed by atoms with van der Waals surface area (Å²) in [6.45, 7) is 2.18. The van der Waals surface area contributed by atoms with Crippen molar-refractivity contribution in [2.45, 2.75) is 19.1 Å². The van der Waals surface area contributed by atoms with Gasteiger partial charge in [0.1, 0.15) is 0 Å². The number of nitrogens with one attached hydrogen (secondary N) is 1. The summed E-state index contributed by atoms with van der Waals surface area (Å²) in [5, 5.41) is 0. The highest BCUT2D eigenvalue weighted by Crippen LogP contribution is 2.30. The van der Waals surface area contributed by atoms with E-state index < -0.39 is 10.0 Å². The second kappa shape index (κ2) is 6.04. The first-order chi connectivity index (χ1) is 10.9. The van der Waals surface area contributed by atoms with E-state index in [0.29, 0.717) is 12.2 Å². The van der Waals surface area contributed by atoms with E-state index in [2.05, 4.69) is 4.72 Å². The topological polar surface area (TPSA) is 66.5 Å². The fraction of sp³-hybridized carbons (Fsp3) is 0.235. The molecule has 1 aliphatic heterocycles. The maximum absolute atomic E-state index is 12.3. The van der Waals surface area contributed by atoms with Crippen molar-refractivity contribution in [1.29, 1.82) is 0 Å². The van der Waals surface area contributed by atoms with Gasteiger partial charge in [-0.25, -0.2) is 8.42 Å². The summed E-state index contributed by atoms with van der Waals surface area (Å²) in [4.78, 5) is 13.2. The molecule has 1 amide bonds. The van der Waals surface area contributed by atoms with Gasteiger partial charge in [0.15, 0.2) is 0 Å². The van der Waals surface area contributed by atoms with E-state index in [-0.39, 0.29) is 11.7 Å². The molecule has 3 rings (SSSR count). The summed E-state index contributed by atoms with van der Waals surface area (Å²) in [5.41, 5.74) is 3.12. The van der Waals surface area contributed by atoms with Crippen LogP contribution in [0.25, 0.3) is 0 Å². The van der Waals surface area contributed by atoms with E-state index in [9.17, 15) is 13.2 Å². The Labute approximate surface area is 136 Å². The van der Waals surface area contributed by atoms with Crippen LogP contribution in [0, 0.1) is 0 Å². The third-order valence-corrected chi connectivity index (χ3v) is 5.09. The lowest BCUT2D eigenvalue weighted by Crippen LogP contribution is -2.25. The Balaban J connectivity index is 1.77. The minimum Gasteiger partial charge on any atom is -0.312 e. The van der Waals surface area contributed by atoms with Gasteiger partial charge in [-0.3, -0.25) is 9.52 Å². The van der Waals surface area contributed by atoms with Gasteiger partial charge >= 0.3 is 0 Å². The molecule has 0 atom stereocenters. The van der Waals surface area contributed by atoms with Crippen LogP contribution in [-0.4, -0.2) is 20.9 Å². The van der Waals surface area contributed by atoms with E-state index in [1.807, 2.05) is 18.2 Å². The molecule has 2 aromatic rings. The number of sulfonamides is 1. The standard InChI is InChI=1S/C17H18N2O3S/c1-13(20)19-10-9-15-11-16(7-8-17(15)19)18-23(21,22)12-14-5-3-2-4-6-14/h2-8,11,18H,9-10,12H2,1H3. The number of nitrogens with zero attached hydrogens (tertiary/aromatic N) is 1. The number of carbonyl (C=O) groups excluding carboxylic acids is 1. The predicted octanol–water partition coefficient (Wildman–Crippen LogP) is 2.54. The number of amides is 1. The van der Waals surface area contributed by atoms with Crippen LogP contribution in [0.5, 0.6) is 0 Å². The van der Waals surface area contributed by atoms with Crippen molar-refractivity contribution < 1.29 is 13.2 Å². The molecule has 0 fully saturated rings. The van der Waals surface area contributed by atoms with E-state index in [0.717, 1.165) is 23.2 Å². The molecule has 0 aliphatic carbocycles. The highest BCUT2D eigenvalue weighted by molar-refractivity contribution is 7.91. The molecular weight excluding hydrogens is 312 g/mol. The summed E-state index contributed by atoms with van der Waals surface area (Å²) in [6.07, 6.45) is 0.739. The molecule has 1 aliphatic rings. The highest BCUT2D eigenvalue weighted by Gasteiger charge is 2.22. The van der Waals surface area contributed by atoms with Crippen molar-refractivity contribution >= 4 is 27.3 Å². The zero-order chi connectivity index (χ0) is 16.4. The van der Waals surface area contributed by atoms with Gasteiger partial charge < -0.3 is 4.90 Å². The Bertz CT molecular complexity index is 832. The average Bonchev–Trinajstić information content (AvgIpc) is 2.90. The van der Waals surface area contributed by atoms with Gasteiger partial charge in [-0.05, 0) is 35.7 Å². The van der Waals surface area contributed by atoms with Gasteiger partial charge in [0.05, 0.1) is 5.75 Å². The van der Waals surface area contributed by atoms with Crippen LogP contribution >= 0.6 is 0 Å². The van der Waals surface area contributed by atoms with Gasteiger partial charge in [0.25, 0.3) is 0 Å². The van der Waals surface area contributed by atoms with Crippen LogP contribution < -0.4 is 9.62 Å². The second-order valence-corrected chi connectivity index (χ2v) is 7.33. The Morgan fingerprint density at radius 1 is 1.17 bits per heavy atom. The number of rotatable bonds is 4. The Morgan fingerprint density at radius 3 is 2.61 bits per heavy atom. The quantitative estimate of drug-likeness (QED) is 0.937. The molecule has 23 heavy (non-hydrogen) atoms. The van der Waals surface area contributed by atoms with Gasteiger partial charge in [-0.2, -0.15) is 0 Å². The van der Waals surface area contributed by atoms with Crippen molar-refractivity contribution in [3.63, 3.8) is 0 Å². The summed E-state index contributed by atoms with van der Waals surface area (Å²) in [7, 11) is -3.47. The van der Waals surface area contributed by atoms with Crippen LogP contribution in [-0.2, 0) is 27.0 Å². The molecular formula is C17H18N2O3S. The van der Waals surface area contributed by atoms with Crippen molar-refractivity contribution in [3.05, 3.63) is 59.7 Å². The summed E-state index contributed by atoms with van der Waals surface area (Å²) >= 11 is 0. The fourth-order valence-electron chi connectivity index (χ4n) is 2.80. The number of hydrogen-bond acceptors (Lipinski definition) is 3. The molecule has 120 valence electrons. The number of fused-ring (bicyclic) bond motifs is 1. The largest absolute Gasteiger partial charge is 0.312 e. The molecule has 0 spiro atoms. The zero-order valence-electron chi connectivity index (χ0n) is 12.8. The Kier molecular flexibility index (Phi) is 4.09. The lowest BCUT2D eigenvalue weighted by atomic mass is 10.1. The van der Waals surface area contributed by atoms with Gasteiger partial charge in [0, 0.05) is 24.8 Å². The summed E-state index contributed by atoms with van der Waals surface area (Å²) in [5.74, 6) is -0.0639. The van der Waals surface area contributed by atoms with Crippen LogP contribution in [0.2, 0.25) is 0 Å². The van der Waals surface area contributed by atoms with Crippen molar-refractivity contribution in [2.75, 3.05) is 16.2 Å². The molecule has 1 heterocycles. The number of carbonyl (C=O) groups is 1. The molecule has 0 radical (unpaired) electrons. The maximum Gasteiger partial charge on any atom is 0.236 e. The summed E-state index contributed by atoms with van der Waals surface area (Å²) < 4.78 is 27.1. The highest BCUT2D eigenvalue weighted by atomic mass is 32.2. The molecule has 0 saturated carbocycles. The molecule has 0 aromatic heterocycles. The lowest BCUT2D eigenvalue weighted by Gasteiger charge is -2.15. The lowest BCUT2D eigenvalue weighted by molar-refractivity contribution is -0.116. The fourth-order valence-corrected chi connectivity index (χ4v) is 3.99. The smallest absolute Gasteiger partial charge is 0.236 e. The molecule has 6 heteroatoms. The third-order valence-electron chi connectivity index (χ3n) is 3.83. The van der Waals surface area contributed by atoms with Crippen LogP contribution in [0.1, 0.15) is 18.1 Å². The Hall–Kier alpha value is -2.34. The number of hydrogen-bond donors (Lipinski definition) is 1. The van der Waals surface area contributed by atoms with E-state index >= 15 is 0 Å². The van der Waals surface area contributed by atoms with Crippen LogP contribution in [0.4, 0.5) is 11.4 Å². The van der Waals surface area contributed by atoms with Gasteiger partial charge in [0.2, 0.25) is 15.9 Å². The predicted molar refractivity (Wildman–Crippen MR) is 90.9 cm³/mol. The molecule has 0 saturated heterocycles. The first kappa shape index (κ1) is 15.6. The van der Waals surface area contributed by atoms with E-state index in [1.165, 1.54) is 6.92 Å². The second-order valence-electron chi connectivity index (χ2n) is 5.61. The van der Waals surface area contributed by atoms with Crippen molar-refractivity contribution in [3.8, 4) is 0 Å². The zero-order valence-corrected chi connectivity index (χ0v) is 13.6. The average molecular weight is 330 g/mol. The maximum atomic E-state index is 12.3. The first-order valence-electron chi connectivity index (χ1n) is 7.40. The molecule has 0 bridgehead atoms. The normalized spacial score (nSPS) is 13.7. The van der Waals surface area contributed by atoms with Crippen LogP contribution in [0.15, 0.2) is 48.5 Å². The van der Waals surface area contributed by atoms with Crippen molar-refractivity contribution in [2.24, 2.45) is 0 Å². The first-order valence-corrected chi connectivity index (χ1v) is 9.05. The minimum atomic E-state index is -3.47. The number of anilines is 2. The minimum absolute atomic E-state index is 0.00107. The Morgan fingerprint density at radius 2 is 1.91 bits per heavy atom. The third kappa shape index (κ3) is 3.53. The van der Waals surface area contributed by atoms with Gasteiger partial charge in [-0.1, -0.05) is 30.3 Å². The van der Waals surface area contributed by atoms with E-state index in [4.69, 9.17) is 0 Å². The monoisotopic (exact) mass is 330 g/mol. The van der Waals surface area contributed by atoms with Crippen molar-refractivity contribution in [1.82, 2.24) is 0 Å². The van der Waals surface area contributed by atoms with E-state index in [1.54, 1.807) is 35.2 Å². The molecule has 5 nitrogen and oxygen atoms in total. The molecule has 0 unspecified atom stereocenters.